The van der Waals surface area contributed by atoms with Gasteiger partial charge in [-0.1, -0.05) is 238 Å². The van der Waals surface area contributed by atoms with Gasteiger partial charge in [-0.2, -0.15) is 0 Å². The Labute approximate surface area is 473 Å². The van der Waals surface area contributed by atoms with Gasteiger partial charge in [0, 0.05) is 12.8 Å². The Hall–Kier alpha value is -3.59. The van der Waals surface area contributed by atoms with Gasteiger partial charge in [0.05, 0.1) is 27.7 Å². The average molecular weight is 1090 g/mol. The number of nitrogens with zero attached hydrogens (tertiary/aromatic N) is 1. The SMILES string of the molecule is CC/C=C\C/C=C\C/C=C\C/C=C\C/C=C\C/C=C\C/C=C\C/C=C\C/C=C\CCCCCCCCCCCC(=O)OC(COC(=O)CCCCCCC/C=C\CCCCCCCCC)COP(=O)([O-])OCC[N+](C)(C)C. The van der Waals surface area contributed by atoms with Gasteiger partial charge < -0.3 is 27.9 Å². The van der Waals surface area contributed by atoms with Gasteiger partial charge >= 0.3 is 11.9 Å². The number of ether oxygens (including phenoxy) is 2. The maximum Gasteiger partial charge on any atom is 0.306 e. The number of carbonyl (C=O) groups is 2. The van der Waals surface area contributed by atoms with Crippen molar-refractivity contribution in [2.45, 2.75) is 245 Å². The summed E-state index contributed by atoms with van der Waals surface area (Å²) in [5, 5.41) is 0. The molecule has 0 aromatic heterocycles. The van der Waals surface area contributed by atoms with Gasteiger partial charge in [-0.05, 0) is 109 Å². The van der Waals surface area contributed by atoms with Crippen LogP contribution in [-0.2, 0) is 32.7 Å². The molecule has 10 heteroatoms. The summed E-state index contributed by atoms with van der Waals surface area (Å²) in [5.74, 6) is -0.854. The number of hydrogen-bond donors (Lipinski definition) is 0. The first-order valence-corrected chi connectivity index (χ1v) is 32.2. The summed E-state index contributed by atoms with van der Waals surface area (Å²) in [6.07, 6.45) is 81.1. The molecule has 0 rings (SSSR count). The quantitative estimate of drug-likeness (QED) is 0.0195. The summed E-state index contributed by atoms with van der Waals surface area (Å²) >= 11 is 0. The summed E-state index contributed by atoms with van der Waals surface area (Å²) in [7, 11) is 1.15. The molecule has 0 N–H and O–H groups in total. The molecular weight excluding hydrogens is 978 g/mol. The molecule has 0 aliphatic carbocycles. The van der Waals surface area contributed by atoms with E-state index in [0.717, 1.165) is 116 Å². The van der Waals surface area contributed by atoms with Gasteiger partial charge in [-0.3, -0.25) is 14.2 Å². The van der Waals surface area contributed by atoms with E-state index < -0.39 is 32.5 Å². The van der Waals surface area contributed by atoms with Crippen molar-refractivity contribution in [2.24, 2.45) is 0 Å². The van der Waals surface area contributed by atoms with Crippen molar-refractivity contribution in [3.63, 3.8) is 0 Å². The molecule has 0 heterocycles. The van der Waals surface area contributed by atoms with E-state index in [1.165, 1.54) is 83.5 Å². The van der Waals surface area contributed by atoms with E-state index in [1.807, 2.05) is 21.1 Å². The van der Waals surface area contributed by atoms with E-state index in [1.54, 1.807) is 0 Å². The zero-order valence-electron chi connectivity index (χ0n) is 49.9. The second kappa shape index (κ2) is 57.1. The highest BCUT2D eigenvalue weighted by molar-refractivity contribution is 7.45. The van der Waals surface area contributed by atoms with Crippen LogP contribution in [0.25, 0.3) is 0 Å². The van der Waals surface area contributed by atoms with Gasteiger partial charge in [0.1, 0.15) is 19.8 Å². The normalized spacial score (nSPS) is 14.1. The smallest absolute Gasteiger partial charge is 0.306 e. The lowest BCUT2D eigenvalue weighted by Crippen LogP contribution is -2.37. The molecule has 2 unspecified atom stereocenters. The van der Waals surface area contributed by atoms with Crippen molar-refractivity contribution >= 4 is 19.8 Å². The average Bonchev–Trinajstić information content (AvgIpc) is 3.39. The van der Waals surface area contributed by atoms with Crippen LogP contribution in [0.4, 0.5) is 0 Å². The molecule has 0 amide bonds. The van der Waals surface area contributed by atoms with Crippen LogP contribution in [0.2, 0.25) is 0 Å². The number of allylic oxidation sites excluding steroid dienone is 20. The maximum atomic E-state index is 12.8. The predicted molar refractivity (Wildman–Crippen MR) is 328 cm³/mol. The largest absolute Gasteiger partial charge is 0.756 e. The number of phosphoric ester groups is 1. The summed E-state index contributed by atoms with van der Waals surface area (Å²) in [6.45, 7) is 4.10. The fourth-order valence-corrected chi connectivity index (χ4v) is 8.72. The van der Waals surface area contributed by atoms with Crippen LogP contribution < -0.4 is 4.89 Å². The molecule has 0 aliphatic rings. The monoisotopic (exact) mass is 1090 g/mol. The number of unbranched alkanes of at least 4 members (excludes halogenated alkanes) is 21. The second-order valence-electron chi connectivity index (χ2n) is 21.3. The molecule has 0 aromatic carbocycles. The third-order valence-corrected chi connectivity index (χ3v) is 13.7. The lowest BCUT2D eigenvalue weighted by atomic mass is 10.1. The predicted octanol–water partition coefficient (Wildman–Crippen LogP) is 18.9. The minimum Gasteiger partial charge on any atom is -0.756 e. The Kier molecular flexibility index (Phi) is 54.4. The molecule has 77 heavy (non-hydrogen) atoms. The van der Waals surface area contributed by atoms with E-state index in [0.29, 0.717) is 23.9 Å². The number of hydrogen-bond acceptors (Lipinski definition) is 8. The highest BCUT2D eigenvalue weighted by atomic mass is 31.2. The highest BCUT2D eigenvalue weighted by Gasteiger charge is 2.22. The standard InChI is InChI=1S/C67H114NO8P/c1-6-8-10-12-14-16-18-20-22-24-25-26-27-28-29-30-31-32-33-34-35-36-37-38-39-40-41-42-43-44-46-48-50-52-54-56-58-60-67(70)76-65(64-75-77(71,72)74-62-61-68(3,4)5)63-73-66(69)59-57-55-53-51-49-47-45-23-21-19-17-15-13-11-9-7-2/h8,10,14,16,20,22-23,25-26,28-29,31-32,34-35,37-38,40-41,45,65H,6-7,9,11-13,15,17-19,21,24,27,30,33,36,39,42-44,46-64H2,1-5H3/b10-8-,16-14-,22-20-,26-25-,29-28-,32-31-,35-34-,38-37-,41-40-,45-23-. The number of esters is 2. The van der Waals surface area contributed by atoms with Crippen molar-refractivity contribution in [3.05, 3.63) is 122 Å². The third kappa shape index (κ3) is 61.5. The molecule has 9 nitrogen and oxygen atoms in total. The van der Waals surface area contributed by atoms with E-state index in [9.17, 15) is 19.0 Å². The van der Waals surface area contributed by atoms with Gasteiger partial charge in [0.25, 0.3) is 7.82 Å². The highest BCUT2D eigenvalue weighted by Crippen LogP contribution is 2.38. The molecule has 0 aromatic rings. The van der Waals surface area contributed by atoms with Gasteiger partial charge in [0.15, 0.2) is 6.10 Å². The minimum atomic E-state index is -4.65. The molecule has 0 bridgehead atoms. The molecule has 2 atom stereocenters. The van der Waals surface area contributed by atoms with Crippen molar-refractivity contribution < 1.29 is 42.1 Å². The number of quaternary nitrogens is 1. The van der Waals surface area contributed by atoms with Crippen LogP contribution in [0.3, 0.4) is 0 Å². The van der Waals surface area contributed by atoms with Crippen LogP contribution in [0, 0.1) is 0 Å². The molecule has 440 valence electrons. The summed E-state index contributed by atoms with van der Waals surface area (Å²) in [5.41, 5.74) is 0. The second-order valence-corrected chi connectivity index (χ2v) is 22.7. The van der Waals surface area contributed by atoms with Crippen LogP contribution in [0.15, 0.2) is 122 Å². The lowest BCUT2D eigenvalue weighted by molar-refractivity contribution is -0.870. The van der Waals surface area contributed by atoms with E-state index in [4.69, 9.17) is 18.5 Å². The van der Waals surface area contributed by atoms with E-state index in [2.05, 4.69) is 135 Å². The van der Waals surface area contributed by atoms with Crippen molar-refractivity contribution in [1.82, 2.24) is 0 Å². The Bertz CT molecular complexity index is 1710. The third-order valence-electron chi connectivity index (χ3n) is 12.7. The Morgan fingerprint density at radius 3 is 1.12 bits per heavy atom. The van der Waals surface area contributed by atoms with Crippen molar-refractivity contribution in [1.29, 1.82) is 0 Å². The zero-order chi connectivity index (χ0) is 56.3. The summed E-state index contributed by atoms with van der Waals surface area (Å²) < 4.78 is 34.1. The Morgan fingerprint density at radius 2 is 0.740 bits per heavy atom. The van der Waals surface area contributed by atoms with Crippen molar-refractivity contribution in [3.8, 4) is 0 Å². The van der Waals surface area contributed by atoms with Crippen molar-refractivity contribution in [2.75, 3.05) is 47.5 Å². The molecule has 0 aliphatic heterocycles. The fraction of sp³-hybridized carbons (Fsp3) is 0.672. The topological polar surface area (TPSA) is 111 Å². The minimum absolute atomic E-state index is 0.0385. The van der Waals surface area contributed by atoms with Gasteiger partial charge in [-0.25, -0.2) is 0 Å². The molecule has 0 fully saturated rings. The lowest BCUT2D eigenvalue weighted by Gasteiger charge is -2.28. The van der Waals surface area contributed by atoms with E-state index in [-0.39, 0.29) is 26.1 Å². The number of phosphoric acid groups is 1. The molecule has 0 saturated heterocycles. The summed E-state index contributed by atoms with van der Waals surface area (Å²) in [6, 6.07) is 0. The molecule has 0 spiro atoms. The Balaban J connectivity index is 4.14. The molecular formula is C67H114NO8P. The summed E-state index contributed by atoms with van der Waals surface area (Å²) in [4.78, 5) is 37.9. The first-order chi connectivity index (χ1) is 37.5. The molecule has 0 radical (unpaired) electrons. The number of rotatable bonds is 55. The molecule has 0 saturated carbocycles. The van der Waals surface area contributed by atoms with Crippen LogP contribution >= 0.6 is 7.82 Å². The number of carbonyl (C=O) groups excluding carboxylic acids is 2. The van der Waals surface area contributed by atoms with Crippen LogP contribution in [-0.4, -0.2) is 70.0 Å². The first kappa shape index (κ1) is 73.4. The van der Waals surface area contributed by atoms with Crippen LogP contribution in [0.1, 0.15) is 239 Å². The van der Waals surface area contributed by atoms with Gasteiger partial charge in [-0.15, -0.1) is 0 Å². The maximum absolute atomic E-state index is 12.8. The first-order valence-electron chi connectivity index (χ1n) is 30.7. The number of likely N-dealkylation sites (N-methyl/N-ethyl adjacent to an activating group) is 1. The Morgan fingerprint density at radius 1 is 0.416 bits per heavy atom. The fourth-order valence-electron chi connectivity index (χ4n) is 8.00. The zero-order valence-corrected chi connectivity index (χ0v) is 50.8. The van der Waals surface area contributed by atoms with E-state index >= 15 is 0 Å². The van der Waals surface area contributed by atoms with Gasteiger partial charge in [0.2, 0.25) is 0 Å². The van der Waals surface area contributed by atoms with Crippen LogP contribution in [0.5, 0.6) is 0 Å².